The minimum atomic E-state index is 0.206. The molecule has 3 rings (SSSR count). The Kier molecular flexibility index (Phi) is 1.98. The first kappa shape index (κ1) is 10.6. The summed E-state index contributed by atoms with van der Waals surface area (Å²) in [6, 6.07) is 0. The van der Waals surface area contributed by atoms with Gasteiger partial charge in [0, 0.05) is 5.92 Å². The van der Waals surface area contributed by atoms with Gasteiger partial charge in [0.15, 0.2) is 5.78 Å². The monoisotopic (exact) mass is 218 g/mol. The summed E-state index contributed by atoms with van der Waals surface area (Å²) in [4.78, 5) is 12.3. The number of allylic oxidation sites excluding steroid dienone is 2. The molecule has 0 bridgehead atoms. The number of hydrogen-bond donors (Lipinski definition) is 0. The molecule has 1 unspecified atom stereocenters. The van der Waals surface area contributed by atoms with Crippen LogP contribution >= 0.6 is 0 Å². The normalized spacial score (nSPS) is 41.8. The molecule has 0 radical (unpaired) electrons. The first-order valence-corrected chi connectivity index (χ1v) is 6.71. The maximum absolute atomic E-state index is 12.3. The second kappa shape index (κ2) is 3.00. The van der Waals surface area contributed by atoms with Gasteiger partial charge in [-0.25, -0.2) is 0 Å². The molecule has 0 amide bonds. The van der Waals surface area contributed by atoms with Crippen LogP contribution in [0.3, 0.4) is 0 Å². The van der Waals surface area contributed by atoms with Gasteiger partial charge >= 0.3 is 0 Å². The Morgan fingerprint density at radius 3 is 2.50 bits per heavy atom. The van der Waals surface area contributed by atoms with E-state index in [0.29, 0.717) is 5.78 Å². The van der Waals surface area contributed by atoms with Crippen molar-refractivity contribution < 1.29 is 4.79 Å². The van der Waals surface area contributed by atoms with Crippen LogP contribution in [0.5, 0.6) is 0 Å². The second-order valence-corrected chi connectivity index (χ2v) is 6.97. The fraction of sp³-hybridized carbons (Fsp3) is 0.800. The number of ketones is 1. The Balaban J connectivity index is 2.03. The van der Waals surface area contributed by atoms with Gasteiger partial charge in [-0.15, -0.1) is 0 Å². The van der Waals surface area contributed by atoms with Crippen LogP contribution in [-0.2, 0) is 4.79 Å². The van der Waals surface area contributed by atoms with Gasteiger partial charge in [-0.2, -0.15) is 0 Å². The van der Waals surface area contributed by atoms with Crippen molar-refractivity contribution in [2.75, 3.05) is 0 Å². The standard InChI is InChI=1S/C15H22O/c1-14(2)7-4-8-15(3)11(10-5-6-10)9-12(16)13(14)15/h9-10,13H,4-8H2,1-3H3/t13-,15?/m0/s1. The molecular formula is C15H22O. The number of hydrogen-bond acceptors (Lipinski definition) is 1. The molecule has 0 saturated heterocycles. The minimum Gasteiger partial charge on any atom is -0.294 e. The summed E-state index contributed by atoms with van der Waals surface area (Å²) in [5.41, 5.74) is 1.92. The quantitative estimate of drug-likeness (QED) is 0.655. The van der Waals surface area contributed by atoms with Gasteiger partial charge in [0.2, 0.25) is 0 Å². The first-order chi connectivity index (χ1) is 7.45. The Bertz CT molecular complexity index is 373. The van der Waals surface area contributed by atoms with E-state index in [1.54, 1.807) is 0 Å². The lowest BCUT2D eigenvalue weighted by Crippen LogP contribution is -2.43. The summed E-state index contributed by atoms with van der Waals surface area (Å²) in [6.07, 6.45) is 8.40. The van der Waals surface area contributed by atoms with Crippen LogP contribution in [-0.4, -0.2) is 5.78 Å². The zero-order chi connectivity index (χ0) is 11.6. The fourth-order valence-corrected chi connectivity index (χ4v) is 4.45. The lowest BCUT2D eigenvalue weighted by atomic mass is 9.55. The van der Waals surface area contributed by atoms with E-state index in [1.165, 1.54) is 37.7 Å². The van der Waals surface area contributed by atoms with E-state index in [-0.39, 0.29) is 16.7 Å². The largest absolute Gasteiger partial charge is 0.294 e. The van der Waals surface area contributed by atoms with Crippen LogP contribution in [0.25, 0.3) is 0 Å². The maximum Gasteiger partial charge on any atom is 0.160 e. The highest BCUT2D eigenvalue weighted by atomic mass is 16.1. The highest BCUT2D eigenvalue weighted by Crippen LogP contribution is 2.62. The van der Waals surface area contributed by atoms with Crippen molar-refractivity contribution in [2.45, 2.75) is 52.9 Å². The van der Waals surface area contributed by atoms with Crippen LogP contribution in [0.4, 0.5) is 0 Å². The summed E-state index contributed by atoms with van der Waals surface area (Å²) in [6.45, 7) is 6.93. The third-order valence-electron chi connectivity index (χ3n) is 5.19. The zero-order valence-electron chi connectivity index (χ0n) is 10.7. The Morgan fingerprint density at radius 2 is 1.88 bits per heavy atom. The third kappa shape index (κ3) is 1.26. The molecule has 0 aliphatic heterocycles. The molecule has 3 aliphatic rings. The number of rotatable bonds is 1. The van der Waals surface area contributed by atoms with E-state index >= 15 is 0 Å². The van der Waals surface area contributed by atoms with Gasteiger partial charge in [0.1, 0.15) is 0 Å². The average molecular weight is 218 g/mol. The number of fused-ring (bicyclic) bond motifs is 1. The summed E-state index contributed by atoms with van der Waals surface area (Å²) in [5, 5.41) is 0. The maximum atomic E-state index is 12.3. The van der Waals surface area contributed by atoms with Crippen molar-refractivity contribution >= 4 is 5.78 Å². The fourth-order valence-electron chi connectivity index (χ4n) is 4.45. The zero-order valence-corrected chi connectivity index (χ0v) is 10.7. The number of carbonyl (C=O) groups is 1. The highest BCUT2D eigenvalue weighted by Gasteiger charge is 2.57. The van der Waals surface area contributed by atoms with Gasteiger partial charge in [-0.3, -0.25) is 4.79 Å². The van der Waals surface area contributed by atoms with Crippen LogP contribution in [0, 0.1) is 22.7 Å². The predicted molar refractivity (Wildman–Crippen MR) is 65.0 cm³/mol. The summed E-state index contributed by atoms with van der Waals surface area (Å²) < 4.78 is 0. The Morgan fingerprint density at radius 1 is 1.19 bits per heavy atom. The minimum absolute atomic E-state index is 0.206. The van der Waals surface area contributed by atoms with Crippen molar-refractivity contribution in [2.24, 2.45) is 22.7 Å². The molecule has 0 aromatic heterocycles. The van der Waals surface area contributed by atoms with E-state index in [4.69, 9.17) is 0 Å². The molecule has 0 aromatic carbocycles. The molecule has 1 nitrogen and oxygen atoms in total. The van der Waals surface area contributed by atoms with Crippen molar-refractivity contribution in [3.05, 3.63) is 11.6 Å². The second-order valence-electron chi connectivity index (χ2n) is 6.97. The molecule has 88 valence electrons. The molecule has 0 N–H and O–H groups in total. The van der Waals surface area contributed by atoms with Gasteiger partial charge in [0.25, 0.3) is 0 Å². The molecule has 0 aromatic rings. The van der Waals surface area contributed by atoms with E-state index in [9.17, 15) is 4.79 Å². The summed E-state index contributed by atoms with van der Waals surface area (Å²) >= 11 is 0. The van der Waals surface area contributed by atoms with Gasteiger partial charge in [-0.05, 0) is 48.5 Å². The Hall–Kier alpha value is -0.590. The van der Waals surface area contributed by atoms with Crippen molar-refractivity contribution in [1.29, 1.82) is 0 Å². The van der Waals surface area contributed by atoms with Crippen LogP contribution < -0.4 is 0 Å². The predicted octanol–water partition coefficient (Wildman–Crippen LogP) is 3.74. The lowest BCUT2D eigenvalue weighted by molar-refractivity contribution is -0.126. The van der Waals surface area contributed by atoms with Crippen LogP contribution in [0.2, 0.25) is 0 Å². The van der Waals surface area contributed by atoms with Crippen LogP contribution in [0.15, 0.2) is 11.6 Å². The van der Waals surface area contributed by atoms with Gasteiger partial charge < -0.3 is 0 Å². The molecule has 2 fully saturated rings. The SMILES string of the molecule is CC1(C)CCCC2(C)C(C3CC3)=CC(=O)[C@@H]12. The van der Waals surface area contributed by atoms with E-state index in [0.717, 1.165) is 5.92 Å². The first-order valence-electron chi connectivity index (χ1n) is 6.71. The summed E-state index contributed by atoms with van der Waals surface area (Å²) in [5.74, 6) is 1.45. The molecule has 16 heavy (non-hydrogen) atoms. The molecule has 0 spiro atoms. The smallest absolute Gasteiger partial charge is 0.160 e. The third-order valence-corrected chi connectivity index (χ3v) is 5.19. The molecule has 3 aliphatic carbocycles. The van der Waals surface area contributed by atoms with Gasteiger partial charge in [-0.1, -0.05) is 32.8 Å². The molecular weight excluding hydrogens is 196 g/mol. The average Bonchev–Trinajstić information content (AvgIpc) is 2.92. The molecule has 0 heterocycles. The van der Waals surface area contributed by atoms with Crippen molar-refractivity contribution in [3.63, 3.8) is 0 Å². The van der Waals surface area contributed by atoms with Crippen molar-refractivity contribution in [3.8, 4) is 0 Å². The summed E-state index contributed by atoms with van der Waals surface area (Å²) in [7, 11) is 0. The van der Waals surface area contributed by atoms with E-state index in [1.807, 2.05) is 6.08 Å². The highest BCUT2D eigenvalue weighted by molar-refractivity contribution is 5.97. The Labute approximate surface area is 98.3 Å². The lowest BCUT2D eigenvalue weighted by Gasteiger charge is -2.47. The topological polar surface area (TPSA) is 17.1 Å². The molecule has 2 atom stereocenters. The number of carbonyl (C=O) groups excluding carboxylic acids is 1. The van der Waals surface area contributed by atoms with E-state index in [2.05, 4.69) is 20.8 Å². The molecule has 1 heteroatoms. The van der Waals surface area contributed by atoms with Crippen molar-refractivity contribution in [1.82, 2.24) is 0 Å². The van der Waals surface area contributed by atoms with Gasteiger partial charge in [0.05, 0.1) is 0 Å². The molecule has 2 saturated carbocycles. The van der Waals surface area contributed by atoms with E-state index < -0.39 is 0 Å². The van der Waals surface area contributed by atoms with Crippen LogP contribution in [0.1, 0.15) is 52.9 Å².